The van der Waals surface area contributed by atoms with Gasteiger partial charge >= 0.3 is 11.9 Å². The molecule has 9 atom stereocenters. The fraction of sp³-hybridized carbons (Fsp3) is 0.771. The van der Waals surface area contributed by atoms with Crippen LogP contribution in [0.5, 0.6) is 0 Å². The molecule has 0 radical (unpaired) electrons. The number of halogens is 1. The number of carbonyl (C=O) groups is 3. The molecular weight excluding hydrogens is 720 g/mol. The van der Waals surface area contributed by atoms with E-state index in [-0.39, 0.29) is 57.6 Å². The predicted molar refractivity (Wildman–Crippen MR) is 222 cm³/mol. The second-order valence-corrected chi connectivity index (χ2v) is 21.7. The third-order valence-corrected chi connectivity index (χ3v) is 17.1. The Bertz CT molecular complexity index is 1740. The van der Waals surface area contributed by atoms with Gasteiger partial charge in [0.1, 0.15) is 11.9 Å². The molecule has 4 fully saturated rings. The summed E-state index contributed by atoms with van der Waals surface area (Å²) in [6.07, 6.45) is 6.88. The van der Waals surface area contributed by atoms with Gasteiger partial charge in [-0.3, -0.25) is 19.3 Å². The largest absolute Gasteiger partial charge is 0.481 e. The molecule has 0 spiro atoms. The van der Waals surface area contributed by atoms with E-state index in [0.717, 1.165) is 75.6 Å². The number of aliphatic hydroxyl groups is 1. The number of ether oxygens (including phenoxy) is 1. The number of rotatable bonds is 13. The van der Waals surface area contributed by atoms with Crippen molar-refractivity contribution in [2.24, 2.45) is 56.2 Å². The van der Waals surface area contributed by atoms with E-state index in [1.807, 2.05) is 12.1 Å². The first-order chi connectivity index (χ1) is 26.4. The van der Waals surface area contributed by atoms with Crippen molar-refractivity contribution in [1.82, 2.24) is 9.80 Å². The van der Waals surface area contributed by atoms with Crippen molar-refractivity contribution in [3.63, 3.8) is 0 Å². The molecule has 0 heterocycles. The standard InChI is InChI=1S/C48H73FN2O6/c1-30(2)40-34(52)26-48(37(53)29-51(25-24-50(10)11)28-31-12-14-32(49)15-13-31)23-22-46(8)33(41(40)48)16-17-36-45(7)20-19-38(57-39(54)27-43(3,4)42(55)56)44(5,6)35(45)18-21-47(36,46)9/h12-15,30,33,35-38,53H,16-29H2,1-11H3,(H,55,56)/t33-,35+,36-,37?,38+,45+,46-,47-,48+/m1/s1. The number of fused-ring (bicyclic) bond motifs is 7. The summed E-state index contributed by atoms with van der Waals surface area (Å²) in [7, 11) is 4.10. The van der Waals surface area contributed by atoms with E-state index >= 15 is 0 Å². The topological polar surface area (TPSA) is 107 Å². The van der Waals surface area contributed by atoms with Gasteiger partial charge in [-0.25, -0.2) is 4.39 Å². The number of carboxylic acids is 1. The highest BCUT2D eigenvalue weighted by molar-refractivity contribution is 6.00. The summed E-state index contributed by atoms with van der Waals surface area (Å²) < 4.78 is 20.0. The van der Waals surface area contributed by atoms with Crippen LogP contribution in [0.15, 0.2) is 35.4 Å². The van der Waals surface area contributed by atoms with E-state index in [0.29, 0.717) is 31.3 Å². The number of benzene rings is 1. The van der Waals surface area contributed by atoms with Crippen LogP contribution in [0.3, 0.4) is 0 Å². The van der Waals surface area contributed by atoms with Gasteiger partial charge in [-0.05, 0) is 142 Å². The molecule has 0 aromatic heterocycles. The van der Waals surface area contributed by atoms with Gasteiger partial charge in [-0.15, -0.1) is 0 Å². The number of Topliss-reactive ketones (excluding diaryl/α,β-unsaturated/α-hetero) is 1. The van der Waals surface area contributed by atoms with Gasteiger partial charge in [0, 0.05) is 43.4 Å². The third kappa shape index (κ3) is 7.47. The molecule has 0 amide bonds. The maximum absolute atomic E-state index is 14.3. The van der Waals surface area contributed by atoms with Crippen LogP contribution in [0, 0.1) is 62.0 Å². The van der Waals surface area contributed by atoms with E-state index in [1.165, 1.54) is 17.7 Å². The Kier molecular flexibility index (Phi) is 11.9. The van der Waals surface area contributed by atoms with Crippen LogP contribution < -0.4 is 0 Å². The zero-order chi connectivity index (χ0) is 42.1. The number of hydrogen-bond donors (Lipinski definition) is 2. The molecule has 4 saturated carbocycles. The van der Waals surface area contributed by atoms with E-state index in [1.54, 1.807) is 13.8 Å². The van der Waals surface area contributed by atoms with E-state index < -0.39 is 28.9 Å². The number of ketones is 1. The summed E-state index contributed by atoms with van der Waals surface area (Å²) in [5, 5.41) is 22.3. The molecule has 0 bridgehead atoms. The molecule has 0 aliphatic heterocycles. The van der Waals surface area contributed by atoms with Crippen molar-refractivity contribution in [2.75, 3.05) is 33.7 Å². The number of aliphatic hydroxyl groups excluding tert-OH is 1. The minimum absolute atomic E-state index is 0.0183. The van der Waals surface area contributed by atoms with Crippen molar-refractivity contribution in [3.05, 3.63) is 46.8 Å². The predicted octanol–water partition coefficient (Wildman–Crippen LogP) is 8.94. The Morgan fingerprint density at radius 1 is 0.912 bits per heavy atom. The Hall–Kier alpha value is -2.62. The number of carboxylic acid groups (broad SMARTS) is 1. The fourth-order valence-corrected chi connectivity index (χ4v) is 13.8. The Labute approximate surface area is 342 Å². The Morgan fingerprint density at radius 2 is 1.58 bits per heavy atom. The van der Waals surface area contributed by atoms with Gasteiger partial charge in [0.2, 0.25) is 0 Å². The monoisotopic (exact) mass is 793 g/mol. The van der Waals surface area contributed by atoms with Gasteiger partial charge in [-0.2, -0.15) is 0 Å². The summed E-state index contributed by atoms with van der Waals surface area (Å²) >= 11 is 0. The molecule has 9 heteroatoms. The van der Waals surface area contributed by atoms with Gasteiger partial charge in [0.25, 0.3) is 0 Å². The fourth-order valence-electron chi connectivity index (χ4n) is 13.8. The molecular formula is C48H73FN2O6. The lowest BCUT2D eigenvalue weighted by molar-refractivity contribution is -0.235. The normalized spacial score (nSPS) is 35.5. The van der Waals surface area contributed by atoms with E-state index in [9.17, 15) is 29.0 Å². The number of nitrogens with zero attached hydrogens (tertiary/aromatic N) is 2. The molecule has 318 valence electrons. The van der Waals surface area contributed by atoms with E-state index in [2.05, 4.69) is 72.4 Å². The highest BCUT2D eigenvalue weighted by Crippen LogP contribution is 2.77. The first-order valence-electron chi connectivity index (χ1n) is 21.9. The smallest absolute Gasteiger partial charge is 0.309 e. The number of likely N-dealkylation sites (N-methyl/N-ethyl adjacent to an activating group) is 1. The van der Waals surface area contributed by atoms with E-state index in [4.69, 9.17) is 4.74 Å². The lowest BCUT2D eigenvalue weighted by Gasteiger charge is -2.72. The van der Waals surface area contributed by atoms with Gasteiger partial charge < -0.3 is 19.8 Å². The average molecular weight is 793 g/mol. The highest BCUT2D eigenvalue weighted by atomic mass is 19.1. The number of aliphatic carboxylic acids is 1. The highest BCUT2D eigenvalue weighted by Gasteiger charge is 2.71. The minimum atomic E-state index is -1.18. The molecule has 1 unspecified atom stereocenters. The van der Waals surface area contributed by atoms with Crippen LogP contribution in [-0.2, 0) is 25.7 Å². The third-order valence-electron chi connectivity index (χ3n) is 17.1. The van der Waals surface area contributed by atoms with Crippen LogP contribution in [-0.4, -0.2) is 83.7 Å². The number of hydrogen-bond acceptors (Lipinski definition) is 7. The van der Waals surface area contributed by atoms with Crippen LogP contribution in [0.4, 0.5) is 4.39 Å². The van der Waals surface area contributed by atoms with Crippen molar-refractivity contribution >= 4 is 17.7 Å². The zero-order valence-electron chi connectivity index (χ0n) is 37.0. The van der Waals surface area contributed by atoms with Gasteiger partial charge in [0.15, 0.2) is 5.78 Å². The Balaban J connectivity index is 1.29. The maximum Gasteiger partial charge on any atom is 0.309 e. The van der Waals surface area contributed by atoms with Crippen LogP contribution in [0.1, 0.15) is 132 Å². The first-order valence-corrected chi connectivity index (χ1v) is 21.9. The molecule has 1 aromatic rings. The van der Waals surface area contributed by atoms with Crippen molar-refractivity contribution < 1.29 is 33.7 Å². The summed E-state index contributed by atoms with van der Waals surface area (Å²) in [4.78, 5) is 43.7. The van der Waals surface area contributed by atoms with Crippen molar-refractivity contribution in [1.29, 1.82) is 0 Å². The molecule has 5 aliphatic carbocycles. The summed E-state index contributed by atoms with van der Waals surface area (Å²) in [6, 6.07) is 6.65. The number of carbonyl (C=O) groups excluding carboxylic acids is 2. The molecule has 8 nitrogen and oxygen atoms in total. The first kappa shape index (κ1) is 43.9. The molecule has 57 heavy (non-hydrogen) atoms. The minimum Gasteiger partial charge on any atom is -0.481 e. The Morgan fingerprint density at radius 3 is 2.19 bits per heavy atom. The maximum atomic E-state index is 14.3. The molecule has 0 saturated heterocycles. The quantitative estimate of drug-likeness (QED) is 0.191. The molecule has 5 aliphatic rings. The molecule has 1 aromatic carbocycles. The molecule has 6 rings (SSSR count). The van der Waals surface area contributed by atoms with Crippen LogP contribution in [0.25, 0.3) is 0 Å². The summed E-state index contributed by atoms with van der Waals surface area (Å²) in [6.45, 7) is 22.2. The second kappa shape index (κ2) is 15.4. The summed E-state index contributed by atoms with van der Waals surface area (Å²) in [5.41, 5.74) is 1.21. The van der Waals surface area contributed by atoms with Crippen molar-refractivity contribution in [3.8, 4) is 0 Å². The number of allylic oxidation sites excluding steroid dienone is 1. The van der Waals surface area contributed by atoms with Crippen molar-refractivity contribution in [2.45, 2.75) is 145 Å². The zero-order valence-corrected chi connectivity index (χ0v) is 37.0. The second-order valence-electron chi connectivity index (χ2n) is 21.7. The molecule has 2 N–H and O–H groups in total. The van der Waals surface area contributed by atoms with Gasteiger partial charge in [-0.1, -0.05) is 66.2 Å². The average Bonchev–Trinajstić information content (AvgIpc) is 3.42. The SMILES string of the molecule is CC(C)C1=C2[C@H]3CC[C@@H]4[C@@]5(C)CC[C@H](OC(=O)CC(C)(C)C(=O)O)C(C)(C)[C@@H]5CC[C@@]4(C)[C@]3(C)CC[C@@]2(C(O)CN(CCN(C)C)Cc2ccc(F)cc2)CC1=O. The lowest BCUT2D eigenvalue weighted by atomic mass is 9.33. The number of esters is 1. The lowest BCUT2D eigenvalue weighted by Crippen LogP contribution is -2.66. The summed E-state index contributed by atoms with van der Waals surface area (Å²) in [5.74, 6) is -0.380. The van der Waals surface area contributed by atoms with Crippen LogP contribution in [0.2, 0.25) is 0 Å². The van der Waals surface area contributed by atoms with Crippen LogP contribution >= 0.6 is 0 Å². The van der Waals surface area contributed by atoms with Gasteiger partial charge in [0.05, 0.1) is 17.9 Å².